The van der Waals surface area contributed by atoms with Gasteiger partial charge in [0.25, 0.3) is 0 Å². The fraction of sp³-hybridized carbons (Fsp3) is 0.909. The van der Waals surface area contributed by atoms with E-state index >= 15 is 0 Å². The molecule has 1 aliphatic carbocycles. The highest BCUT2D eigenvalue weighted by Crippen LogP contribution is 2.42. The van der Waals surface area contributed by atoms with Crippen molar-refractivity contribution in [1.29, 1.82) is 0 Å². The molecule has 0 bridgehead atoms. The third-order valence-electron chi connectivity index (χ3n) is 3.73. The molecule has 0 unspecified atom stereocenters. The van der Waals surface area contributed by atoms with Crippen molar-refractivity contribution >= 4 is 28.3 Å². The Kier molecular flexibility index (Phi) is 2.92. The van der Waals surface area contributed by atoms with Crippen molar-refractivity contribution < 1.29 is 4.74 Å². The van der Waals surface area contributed by atoms with Crippen LogP contribution in [0.5, 0.6) is 0 Å². The minimum atomic E-state index is 0.447. The van der Waals surface area contributed by atoms with E-state index in [4.69, 9.17) is 17.0 Å². The quantitative estimate of drug-likeness (QED) is 0.690. The lowest BCUT2D eigenvalue weighted by molar-refractivity contribution is 0.0858. The fourth-order valence-corrected chi connectivity index (χ4v) is 4.86. The number of ether oxygens (including phenoxy) is 1. The van der Waals surface area contributed by atoms with E-state index in [0.29, 0.717) is 6.10 Å². The molecule has 1 saturated carbocycles. The Hall–Kier alpha value is 0.200. The highest BCUT2D eigenvalue weighted by molar-refractivity contribution is 8.23. The van der Waals surface area contributed by atoms with Crippen molar-refractivity contribution in [3.63, 3.8) is 0 Å². The van der Waals surface area contributed by atoms with Crippen LogP contribution in [0.25, 0.3) is 0 Å². The molecule has 0 radical (unpaired) electrons. The van der Waals surface area contributed by atoms with Crippen LogP contribution < -0.4 is 0 Å². The van der Waals surface area contributed by atoms with E-state index in [1.165, 1.54) is 32.1 Å². The summed E-state index contributed by atoms with van der Waals surface area (Å²) in [6.07, 6.45) is 6.98. The van der Waals surface area contributed by atoms with Crippen LogP contribution in [0.4, 0.5) is 0 Å². The van der Waals surface area contributed by atoms with Gasteiger partial charge in [0, 0.05) is 24.4 Å². The summed E-state index contributed by atoms with van der Waals surface area (Å²) in [6.45, 7) is 2.00. The van der Waals surface area contributed by atoms with Crippen LogP contribution in [0, 0.1) is 0 Å². The van der Waals surface area contributed by atoms with Gasteiger partial charge in [-0.1, -0.05) is 30.4 Å². The molecule has 84 valence electrons. The maximum Gasteiger partial charge on any atom is 0.137 e. The van der Waals surface area contributed by atoms with Crippen molar-refractivity contribution in [3.8, 4) is 0 Å². The molecule has 2 aliphatic heterocycles. The Labute approximate surface area is 101 Å². The molecule has 0 aromatic rings. The van der Waals surface area contributed by atoms with E-state index < -0.39 is 0 Å². The maximum atomic E-state index is 5.70. The van der Waals surface area contributed by atoms with Crippen LogP contribution >= 0.6 is 24.0 Å². The normalized spacial score (nSPS) is 40.1. The zero-order chi connectivity index (χ0) is 10.3. The molecule has 0 spiro atoms. The summed E-state index contributed by atoms with van der Waals surface area (Å²) in [4.78, 5) is 2.45. The molecule has 2 saturated heterocycles. The first-order chi connectivity index (χ1) is 7.34. The van der Waals surface area contributed by atoms with Crippen molar-refractivity contribution in [2.75, 3.05) is 13.2 Å². The third kappa shape index (κ3) is 1.92. The summed E-state index contributed by atoms with van der Waals surface area (Å²) in [7, 11) is 0. The topological polar surface area (TPSA) is 12.5 Å². The smallest absolute Gasteiger partial charge is 0.137 e. The van der Waals surface area contributed by atoms with Gasteiger partial charge < -0.3 is 9.64 Å². The van der Waals surface area contributed by atoms with Gasteiger partial charge in [-0.3, -0.25) is 0 Å². The average molecular weight is 243 g/mol. The first-order valence-corrected chi connectivity index (χ1v) is 7.22. The Morgan fingerprint density at radius 1 is 1.33 bits per heavy atom. The Bertz CT molecular complexity index is 265. The summed E-state index contributed by atoms with van der Waals surface area (Å²) in [6, 6.07) is 0.728. The monoisotopic (exact) mass is 243 g/mol. The van der Waals surface area contributed by atoms with Gasteiger partial charge in [-0.05, 0) is 25.7 Å². The van der Waals surface area contributed by atoms with E-state index in [1.54, 1.807) is 0 Å². The number of hydrogen-bond donors (Lipinski definition) is 0. The van der Waals surface area contributed by atoms with Gasteiger partial charge in [-0.2, -0.15) is 0 Å². The molecule has 0 aromatic heterocycles. The van der Waals surface area contributed by atoms with Gasteiger partial charge in [0.05, 0.1) is 6.10 Å². The molecule has 0 aromatic carbocycles. The number of hydrogen-bond acceptors (Lipinski definition) is 3. The van der Waals surface area contributed by atoms with Crippen LogP contribution in [-0.4, -0.2) is 39.8 Å². The predicted molar refractivity (Wildman–Crippen MR) is 67.3 cm³/mol. The van der Waals surface area contributed by atoms with E-state index in [-0.39, 0.29) is 0 Å². The molecular formula is C11H17NOS2. The van der Waals surface area contributed by atoms with Crippen molar-refractivity contribution in [2.45, 2.75) is 49.5 Å². The van der Waals surface area contributed by atoms with E-state index in [2.05, 4.69) is 4.90 Å². The van der Waals surface area contributed by atoms with Gasteiger partial charge in [0.15, 0.2) is 0 Å². The lowest BCUT2D eigenvalue weighted by Crippen LogP contribution is -2.39. The second kappa shape index (κ2) is 4.22. The number of rotatable bonds is 2. The van der Waals surface area contributed by atoms with E-state index in [0.717, 1.165) is 28.8 Å². The van der Waals surface area contributed by atoms with Gasteiger partial charge in [-0.25, -0.2) is 0 Å². The average Bonchev–Trinajstić information content (AvgIpc) is 2.86. The molecule has 3 rings (SSSR count). The number of nitrogens with zero attached hydrogens (tertiary/aromatic N) is 1. The van der Waals surface area contributed by atoms with Crippen LogP contribution in [0.2, 0.25) is 0 Å². The minimum Gasteiger partial charge on any atom is -0.376 e. The standard InChI is InChI=1S/C11H17NOS2/c14-11-12(7-8-3-2-6-13-8)9-4-1-5-10(9)15-11/h8-10H,1-7H2/t8-,9-,10-/m1/s1. The first kappa shape index (κ1) is 10.4. The zero-order valence-electron chi connectivity index (χ0n) is 8.85. The van der Waals surface area contributed by atoms with Crippen LogP contribution in [-0.2, 0) is 4.74 Å². The fourth-order valence-electron chi connectivity index (χ4n) is 2.95. The summed E-state index contributed by atoms with van der Waals surface area (Å²) in [5.74, 6) is 0. The van der Waals surface area contributed by atoms with Crippen molar-refractivity contribution in [2.24, 2.45) is 0 Å². The van der Waals surface area contributed by atoms with Gasteiger partial charge in [0.2, 0.25) is 0 Å². The Morgan fingerprint density at radius 3 is 3.07 bits per heavy atom. The molecule has 0 amide bonds. The Morgan fingerprint density at radius 2 is 2.27 bits per heavy atom. The predicted octanol–water partition coefficient (Wildman–Crippen LogP) is 2.42. The molecule has 4 heteroatoms. The largest absolute Gasteiger partial charge is 0.376 e. The minimum absolute atomic E-state index is 0.447. The molecule has 0 N–H and O–H groups in total. The molecular weight excluding hydrogens is 226 g/mol. The number of thioether (sulfide) groups is 1. The lowest BCUT2D eigenvalue weighted by Gasteiger charge is -2.27. The van der Waals surface area contributed by atoms with Gasteiger partial charge >= 0.3 is 0 Å². The van der Waals surface area contributed by atoms with Crippen molar-refractivity contribution in [3.05, 3.63) is 0 Å². The summed E-state index contributed by atoms with van der Waals surface area (Å²) in [5.41, 5.74) is 0. The number of fused-ring (bicyclic) bond motifs is 1. The molecule has 3 fully saturated rings. The Balaban J connectivity index is 1.65. The highest BCUT2D eigenvalue weighted by atomic mass is 32.2. The number of thiocarbonyl (C=S) groups is 1. The molecule has 2 nitrogen and oxygen atoms in total. The summed E-state index contributed by atoms with van der Waals surface area (Å²) >= 11 is 7.39. The summed E-state index contributed by atoms with van der Waals surface area (Å²) in [5, 5.41) is 0.791. The SMILES string of the molecule is S=C1S[C@@H]2CCC[C@H]2N1C[C@H]1CCCO1. The third-order valence-corrected chi connectivity index (χ3v) is 5.54. The lowest BCUT2D eigenvalue weighted by atomic mass is 10.2. The van der Waals surface area contributed by atoms with Crippen LogP contribution in [0.3, 0.4) is 0 Å². The van der Waals surface area contributed by atoms with Gasteiger partial charge in [-0.15, -0.1) is 0 Å². The summed E-state index contributed by atoms with van der Waals surface area (Å²) < 4.78 is 6.83. The highest BCUT2D eigenvalue weighted by Gasteiger charge is 2.42. The molecule has 3 atom stereocenters. The van der Waals surface area contributed by atoms with Gasteiger partial charge in [0.1, 0.15) is 4.32 Å². The first-order valence-electron chi connectivity index (χ1n) is 5.93. The second-order valence-corrected chi connectivity index (χ2v) is 6.58. The molecule has 15 heavy (non-hydrogen) atoms. The molecule has 3 aliphatic rings. The van der Waals surface area contributed by atoms with E-state index in [9.17, 15) is 0 Å². The maximum absolute atomic E-state index is 5.70. The zero-order valence-corrected chi connectivity index (χ0v) is 10.5. The molecule has 2 heterocycles. The van der Waals surface area contributed by atoms with E-state index in [1.807, 2.05) is 11.8 Å². The van der Waals surface area contributed by atoms with Crippen LogP contribution in [0.1, 0.15) is 32.1 Å². The van der Waals surface area contributed by atoms with Crippen LogP contribution in [0.15, 0.2) is 0 Å². The van der Waals surface area contributed by atoms with Crippen molar-refractivity contribution in [1.82, 2.24) is 4.90 Å². The second-order valence-electron chi connectivity index (χ2n) is 4.71.